The van der Waals surface area contributed by atoms with Gasteiger partial charge < -0.3 is 0 Å². The fourth-order valence-electron chi connectivity index (χ4n) is 2.93. The van der Waals surface area contributed by atoms with Crippen molar-refractivity contribution in [1.29, 1.82) is 0 Å². The van der Waals surface area contributed by atoms with Gasteiger partial charge in [0.05, 0.1) is 10.6 Å². The average molecular weight is 384 g/mol. The number of para-hydroxylation sites is 1. The monoisotopic (exact) mass is 384 g/mol. The summed E-state index contributed by atoms with van der Waals surface area (Å²) in [6, 6.07) is 24.7. The van der Waals surface area contributed by atoms with Gasteiger partial charge in [-0.3, -0.25) is 20.3 Å². The number of carbonyl (C=O) groups is 1. The summed E-state index contributed by atoms with van der Waals surface area (Å²) >= 11 is 0. The molecule has 1 aliphatic heterocycles. The van der Waals surface area contributed by atoms with E-state index in [4.69, 9.17) is 0 Å². The molecule has 3 aromatic carbocycles. The molecule has 7 nitrogen and oxygen atoms in total. The van der Waals surface area contributed by atoms with Crippen LogP contribution in [-0.2, 0) is 4.79 Å². The summed E-state index contributed by atoms with van der Waals surface area (Å²) in [5.74, 6) is 0.107. The zero-order valence-corrected chi connectivity index (χ0v) is 15.2. The first-order valence-corrected chi connectivity index (χ1v) is 8.88. The molecule has 1 N–H and O–H groups in total. The van der Waals surface area contributed by atoms with Crippen LogP contribution in [0, 0.1) is 10.1 Å². The second-order valence-corrected chi connectivity index (χ2v) is 6.30. The number of hydrogen-bond donors (Lipinski definition) is 1. The van der Waals surface area contributed by atoms with Crippen LogP contribution in [0.25, 0.3) is 6.08 Å². The minimum Gasteiger partial charge on any atom is -0.290 e. The van der Waals surface area contributed by atoms with E-state index in [9.17, 15) is 14.9 Å². The third-order valence-electron chi connectivity index (χ3n) is 4.29. The predicted molar refractivity (Wildman–Crippen MR) is 111 cm³/mol. The zero-order chi connectivity index (χ0) is 20.2. The molecular weight excluding hydrogens is 368 g/mol. The van der Waals surface area contributed by atoms with E-state index in [1.165, 1.54) is 17.1 Å². The van der Waals surface area contributed by atoms with E-state index in [1.807, 2.05) is 60.7 Å². The molecule has 0 saturated carbocycles. The number of non-ortho nitro benzene ring substituents is 1. The van der Waals surface area contributed by atoms with Gasteiger partial charge in [0, 0.05) is 17.7 Å². The number of hydrazine groups is 1. The van der Waals surface area contributed by atoms with Crippen LogP contribution < -0.4 is 5.43 Å². The number of nitro benzene ring substituents is 1. The number of amides is 1. The molecule has 0 radical (unpaired) electrons. The molecule has 0 unspecified atom stereocenters. The molecule has 1 amide bonds. The molecule has 0 spiro atoms. The standard InChI is InChI=1S/C22H16N4O3/c27-22-20(15-16-8-7-13-19(14-16)26(28)29)23-21(17-9-3-1-4-10-17)25(22)24-18-11-5-2-6-12-18/h1-15,24H/b20-15+. The van der Waals surface area contributed by atoms with Crippen molar-refractivity contribution in [3.8, 4) is 0 Å². The highest BCUT2D eigenvalue weighted by molar-refractivity contribution is 6.20. The number of benzene rings is 3. The molecule has 1 aliphatic rings. The maximum atomic E-state index is 13.1. The number of hydrogen-bond acceptors (Lipinski definition) is 5. The molecule has 0 aliphatic carbocycles. The number of nitrogens with one attached hydrogen (secondary N) is 1. The van der Waals surface area contributed by atoms with E-state index in [0.29, 0.717) is 11.4 Å². The molecule has 4 rings (SSSR count). The van der Waals surface area contributed by atoms with E-state index in [2.05, 4.69) is 10.4 Å². The molecule has 0 saturated heterocycles. The van der Waals surface area contributed by atoms with Gasteiger partial charge in [-0.15, -0.1) is 0 Å². The van der Waals surface area contributed by atoms with Crippen LogP contribution >= 0.6 is 0 Å². The van der Waals surface area contributed by atoms with Crippen molar-refractivity contribution in [3.63, 3.8) is 0 Å². The van der Waals surface area contributed by atoms with Gasteiger partial charge in [-0.25, -0.2) is 4.99 Å². The molecule has 7 heteroatoms. The minimum absolute atomic E-state index is 0.0451. The third-order valence-corrected chi connectivity index (χ3v) is 4.29. The minimum atomic E-state index is -0.472. The Bertz CT molecular complexity index is 1130. The van der Waals surface area contributed by atoms with Crippen LogP contribution in [-0.4, -0.2) is 21.7 Å². The SMILES string of the molecule is O=C1/C(=C\c2cccc([N+](=O)[O-])c2)N=C(c2ccccc2)N1Nc1ccccc1. The Labute approximate surface area is 166 Å². The van der Waals surface area contributed by atoms with Crippen LogP contribution in [0.4, 0.5) is 11.4 Å². The topological polar surface area (TPSA) is 87.8 Å². The number of anilines is 1. The molecule has 1 heterocycles. The molecule has 142 valence electrons. The Morgan fingerprint density at radius 2 is 1.62 bits per heavy atom. The number of amidine groups is 1. The summed E-state index contributed by atoms with van der Waals surface area (Å²) < 4.78 is 0. The van der Waals surface area contributed by atoms with Crippen molar-refractivity contribution < 1.29 is 9.72 Å². The lowest BCUT2D eigenvalue weighted by molar-refractivity contribution is -0.384. The highest BCUT2D eigenvalue weighted by Gasteiger charge is 2.31. The van der Waals surface area contributed by atoms with Crippen LogP contribution in [0.3, 0.4) is 0 Å². The molecule has 0 atom stereocenters. The zero-order valence-electron chi connectivity index (χ0n) is 15.2. The summed E-state index contributed by atoms with van der Waals surface area (Å²) in [6.07, 6.45) is 1.55. The fourth-order valence-corrected chi connectivity index (χ4v) is 2.93. The van der Waals surface area contributed by atoms with Crippen molar-refractivity contribution in [2.75, 3.05) is 5.43 Å². The van der Waals surface area contributed by atoms with E-state index in [1.54, 1.807) is 18.2 Å². The van der Waals surface area contributed by atoms with Crippen LogP contribution in [0.5, 0.6) is 0 Å². The summed E-state index contributed by atoms with van der Waals surface area (Å²) in [6.45, 7) is 0. The van der Waals surface area contributed by atoms with Gasteiger partial charge in [-0.1, -0.05) is 60.7 Å². The van der Waals surface area contributed by atoms with E-state index < -0.39 is 4.92 Å². The van der Waals surface area contributed by atoms with Crippen molar-refractivity contribution in [2.24, 2.45) is 4.99 Å². The Morgan fingerprint density at radius 1 is 0.931 bits per heavy atom. The van der Waals surface area contributed by atoms with Crippen LogP contribution in [0.15, 0.2) is 95.6 Å². The van der Waals surface area contributed by atoms with Gasteiger partial charge in [0.2, 0.25) is 0 Å². The van der Waals surface area contributed by atoms with E-state index in [0.717, 1.165) is 11.3 Å². The number of rotatable bonds is 5. The van der Waals surface area contributed by atoms with Gasteiger partial charge in [-0.05, 0) is 23.8 Å². The molecule has 29 heavy (non-hydrogen) atoms. The summed E-state index contributed by atoms with van der Waals surface area (Å²) in [5, 5.41) is 12.4. The normalized spacial score (nSPS) is 14.8. The summed E-state index contributed by atoms with van der Waals surface area (Å²) in [5.41, 5.74) is 5.27. The van der Waals surface area contributed by atoms with Crippen molar-refractivity contribution in [3.05, 3.63) is 112 Å². The van der Waals surface area contributed by atoms with Gasteiger partial charge in [-0.2, -0.15) is 5.01 Å². The first-order chi connectivity index (χ1) is 14.1. The lowest BCUT2D eigenvalue weighted by Gasteiger charge is -2.20. The van der Waals surface area contributed by atoms with Gasteiger partial charge >= 0.3 is 0 Å². The predicted octanol–water partition coefficient (Wildman–Crippen LogP) is 4.25. The smallest absolute Gasteiger partial charge is 0.290 e. The Morgan fingerprint density at radius 3 is 2.31 bits per heavy atom. The van der Waals surface area contributed by atoms with Gasteiger partial charge in [0.25, 0.3) is 11.6 Å². The molecule has 3 aromatic rings. The molecule has 0 bridgehead atoms. The van der Waals surface area contributed by atoms with Crippen molar-refractivity contribution >= 4 is 29.2 Å². The first-order valence-electron chi connectivity index (χ1n) is 8.88. The average Bonchev–Trinajstić information content (AvgIpc) is 3.05. The number of nitrogens with zero attached hydrogens (tertiary/aromatic N) is 3. The van der Waals surface area contributed by atoms with Crippen molar-refractivity contribution in [2.45, 2.75) is 0 Å². The Hall–Kier alpha value is -4.26. The summed E-state index contributed by atoms with van der Waals surface area (Å²) in [4.78, 5) is 28.1. The third kappa shape index (κ3) is 3.89. The first kappa shape index (κ1) is 18.1. The highest BCUT2D eigenvalue weighted by atomic mass is 16.6. The van der Waals surface area contributed by atoms with E-state index >= 15 is 0 Å². The molecular formula is C22H16N4O3. The van der Waals surface area contributed by atoms with Crippen LogP contribution in [0.2, 0.25) is 0 Å². The second kappa shape index (κ2) is 7.77. The lowest BCUT2D eigenvalue weighted by atomic mass is 10.1. The quantitative estimate of drug-likeness (QED) is 0.405. The highest BCUT2D eigenvalue weighted by Crippen LogP contribution is 2.24. The Kier molecular flexibility index (Phi) is 4.86. The molecule has 0 fully saturated rings. The van der Waals surface area contributed by atoms with Gasteiger partial charge in [0.15, 0.2) is 5.84 Å². The summed E-state index contributed by atoms with van der Waals surface area (Å²) in [7, 11) is 0. The number of nitro groups is 1. The van der Waals surface area contributed by atoms with Gasteiger partial charge in [0.1, 0.15) is 5.70 Å². The fraction of sp³-hybridized carbons (Fsp3) is 0. The Balaban J connectivity index is 1.74. The lowest BCUT2D eigenvalue weighted by Crippen LogP contribution is -2.37. The van der Waals surface area contributed by atoms with Crippen molar-refractivity contribution in [1.82, 2.24) is 5.01 Å². The van der Waals surface area contributed by atoms with E-state index in [-0.39, 0.29) is 17.3 Å². The van der Waals surface area contributed by atoms with Crippen LogP contribution in [0.1, 0.15) is 11.1 Å². The largest absolute Gasteiger partial charge is 0.297 e. The number of aliphatic imine (C=N–C) groups is 1. The molecule has 0 aromatic heterocycles. The second-order valence-electron chi connectivity index (χ2n) is 6.30. The maximum absolute atomic E-state index is 13.1. The number of carbonyl (C=O) groups excluding carboxylic acids is 1. The maximum Gasteiger partial charge on any atom is 0.297 e.